The Bertz CT molecular complexity index is 1420. The molecule has 1 saturated heterocycles. The van der Waals surface area contributed by atoms with Crippen LogP contribution in [0.15, 0.2) is 34.7 Å². The number of anilines is 4. The van der Waals surface area contributed by atoms with Crippen molar-refractivity contribution in [2.45, 2.75) is 30.5 Å². The van der Waals surface area contributed by atoms with Crippen molar-refractivity contribution in [2.24, 2.45) is 0 Å². The van der Waals surface area contributed by atoms with E-state index in [0.29, 0.717) is 36.7 Å². The second-order valence-electron chi connectivity index (χ2n) is 9.21. The molecule has 0 radical (unpaired) electrons. The minimum Gasteiger partial charge on any atom is -0.378 e. The topological polar surface area (TPSA) is 126 Å². The summed E-state index contributed by atoms with van der Waals surface area (Å²) in [5, 5.41) is 9.16. The van der Waals surface area contributed by atoms with E-state index in [0.717, 1.165) is 23.9 Å². The quantitative estimate of drug-likeness (QED) is 0.353. The average molecular weight is 585 g/mol. The average Bonchev–Trinajstić information content (AvgIpc) is 3.33. The van der Waals surface area contributed by atoms with Crippen molar-refractivity contribution in [3.05, 3.63) is 40.5 Å². The molecule has 200 valence electrons. The van der Waals surface area contributed by atoms with Crippen LogP contribution in [0.1, 0.15) is 19.5 Å². The molecule has 0 aliphatic carbocycles. The first-order valence-electron chi connectivity index (χ1n) is 11.7. The summed E-state index contributed by atoms with van der Waals surface area (Å²) in [5.74, 6) is 0.555. The second kappa shape index (κ2) is 11.2. The summed E-state index contributed by atoms with van der Waals surface area (Å²) in [7, 11) is -6.37. The summed E-state index contributed by atoms with van der Waals surface area (Å²) in [5.41, 5.74) is 1.15. The predicted molar refractivity (Wildman–Crippen MR) is 151 cm³/mol. The lowest BCUT2D eigenvalue weighted by molar-refractivity contribution is 0.122. The van der Waals surface area contributed by atoms with Crippen molar-refractivity contribution in [1.82, 2.24) is 15.0 Å². The molecule has 1 fully saturated rings. The largest absolute Gasteiger partial charge is 0.378 e. The summed E-state index contributed by atoms with van der Waals surface area (Å²) in [6.45, 7) is 9.85. The van der Waals surface area contributed by atoms with E-state index in [-0.39, 0.29) is 15.7 Å². The second-order valence-corrected chi connectivity index (χ2v) is 16.1. The summed E-state index contributed by atoms with van der Waals surface area (Å²) < 4.78 is 44.3. The summed E-state index contributed by atoms with van der Waals surface area (Å²) in [4.78, 5) is 15.6. The standard InChI is InChI=1S/C23H30ClN6O4PS2/c1-15(2)37(32,33)20-11-17(35(3,4)31)5-6-19(20)28-21-18(24)13-26-22(29-21)25-12-16-14-36-23(27-16)30-7-9-34-10-8-30/h5-6,11,13-15H,7-10,12H2,1-4H3,(H2,25,26,28,29). The van der Waals surface area contributed by atoms with Crippen molar-refractivity contribution in [2.75, 3.05) is 55.2 Å². The van der Waals surface area contributed by atoms with Gasteiger partial charge in [0, 0.05) is 23.8 Å². The molecule has 0 atom stereocenters. The molecule has 0 spiro atoms. The van der Waals surface area contributed by atoms with Gasteiger partial charge in [0.2, 0.25) is 5.95 Å². The zero-order valence-corrected chi connectivity index (χ0v) is 24.3. The molecule has 0 saturated carbocycles. The van der Waals surface area contributed by atoms with Gasteiger partial charge in [-0.3, -0.25) is 0 Å². The molecule has 2 aromatic heterocycles. The van der Waals surface area contributed by atoms with Crippen LogP contribution in [-0.2, 0) is 25.7 Å². The Morgan fingerprint density at radius 3 is 2.62 bits per heavy atom. The number of benzene rings is 1. The number of thiazole rings is 1. The zero-order chi connectivity index (χ0) is 26.8. The van der Waals surface area contributed by atoms with E-state index in [9.17, 15) is 13.0 Å². The highest BCUT2D eigenvalue weighted by Crippen LogP contribution is 2.38. The summed E-state index contributed by atoms with van der Waals surface area (Å²) >= 11 is 7.93. The number of morpholine rings is 1. The number of ether oxygens (including phenoxy) is 1. The van der Waals surface area contributed by atoms with Crippen LogP contribution in [0.4, 0.5) is 22.6 Å². The molecular weight excluding hydrogens is 555 g/mol. The van der Waals surface area contributed by atoms with Gasteiger partial charge in [0.1, 0.15) is 12.2 Å². The third kappa shape index (κ3) is 6.61. The number of hydrogen-bond acceptors (Lipinski definition) is 11. The van der Waals surface area contributed by atoms with Gasteiger partial charge in [0.05, 0.1) is 47.5 Å². The fourth-order valence-corrected chi connectivity index (χ4v) is 6.76. The molecular formula is C23H30ClN6O4PS2. The number of nitrogens with zero attached hydrogens (tertiary/aromatic N) is 4. The van der Waals surface area contributed by atoms with Gasteiger partial charge in [-0.2, -0.15) is 4.98 Å². The van der Waals surface area contributed by atoms with Gasteiger partial charge in [0.15, 0.2) is 20.8 Å². The van der Waals surface area contributed by atoms with Crippen LogP contribution in [0.5, 0.6) is 0 Å². The fourth-order valence-electron chi connectivity index (χ4n) is 3.55. The van der Waals surface area contributed by atoms with Crippen molar-refractivity contribution < 1.29 is 17.7 Å². The Hall–Kier alpha value is -2.24. The van der Waals surface area contributed by atoms with Gasteiger partial charge >= 0.3 is 0 Å². The van der Waals surface area contributed by atoms with Crippen LogP contribution in [0.2, 0.25) is 5.02 Å². The van der Waals surface area contributed by atoms with Crippen LogP contribution >= 0.6 is 30.1 Å². The maximum Gasteiger partial charge on any atom is 0.225 e. The fraction of sp³-hybridized carbons (Fsp3) is 0.435. The van der Waals surface area contributed by atoms with E-state index in [1.54, 1.807) is 50.6 Å². The van der Waals surface area contributed by atoms with Crippen molar-refractivity contribution in [1.29, 1.82) is 0 Å². The van der Waals surface area contributed by atoms with Gasteiger partial charge in [-0.15, -0.1) is 11.3 Å². The Kier molecular flexibility index (Phi) is 8.45. The highest BCUT2D eigenvalue weighted by atomic mass is 35.5. The predicted octanol–water partition coefficient (Wildman–Crippen LogP) is 4.21. The van der Waals surface area contributed by atoms with Crippen molar-refractivity contribution in [3.63, 3.8) is 0 Å². The smallest absolute Gasteiger partial charge is 0.225 e. The number of rotatable bonds is 9. The lowest BCUT2D eigenvalue weighted by atomic mass is 10.3. The molecule has 2 N–H and O–H groups in total. The van der Waals surface area contributed by atoms with Crippen molar-refractivity contribution in [3.8, 4) is 0 Å². The first-order chi connectivity index (χ1) is 17.4. The molecule has 0 bridgehead atoms. The molecule has 0 amide bonds. The molecule has 14 heteroatoms. The van der Waals surface area contributed by atoms with Gasteiger partial charge in [0.25, 0.3) is 0 Å². The third-order valence-corrected chi connectivity index (χ3v) is 10.7. The molecule has 1 aromatic carbocycles. The van der Waals surface area contributed by atoms with E-state index in [1.165, 1.54) is 12.3 Å². The SMILES string of the molecule is CC(C)S(=O)(=O)c1cc(P(C)(C)=O)ccc1Nc1nc(NCc2csc(N3CCOCC3)n2)ncc1Cl. The van der Waals surface area contributed by atoms with Gasteiger partial charge in [-0.1, -0.05) is 11.6 Å². The zero-order valence-electron chi connectivity index (χ0n) is 21.1. The van der Waals surface area contributed by atoms with E-state index >= 15 is 0 Å². The van der Waals surface area contributed by atoms with Crippen LogP contribution in [0, 0.1) is 0 Å². The Morgan fingerprint density at radius 2 is 1.95 bits per heavy atom. The van der Waals surface area contributed by atoms with Crippen LogP contribution in [0.25, 0.3) is 0 Å². The number of nitrogens with one attached hydrogen (secondary N) is 2. The minimum atomic E-state index is -3.69. The van der Waals surface area contributed by atoms with Crippen LogP contribution in [-0.4, -0.2) is 68.3 Å². The lowest BCUT2D eigenvalue weighted by Crippen LogP contribution is -2.36. The maximum atomic E-state index is 13.1. The molecule has 0 unspecified atom stereocenters. The number of aromatic nitrogens is 3. The number of hydrogen-bond donors (Lipinski definition) is 2. The maximum absolute atomic E-state index is 13.1. The molecule has 1 aliphatic rings. The van der Waals surface area contributed by atoms with E-state index in [4.69, 9.17) is 16.3 Å². The van der Waals surface area contributed by atoms with Crippen LogP contribution in [0.3, 0.4) is 0 Å². The Morgan fingerprint density at radius 1 is 1.22 bits per heavy atom. The number of sulfone groups is 1. The molecule has 3 heterocycles. The lowest BCUT2D eigenvalue weighted by Gasteiger charge is -2.26. The normalized spacial score (nSPS) is 14.7. The van der Waals surface area contributed by atoms with Crippen LogP contribution < -0.4 is 20.8 Å². The van der Waals surface area contributed by atoms with Gasteiger partial charge in [-0.25, -0.2) is 18.4 Å². The van der Waals surface area contributed by atoms with E-state index < -0.39 is 22.2 Å². The Balaban J connectivity index is 1.55. The van der Waals surface area contributed by atoms with E-state index in [1.807, 2.05) is 5.38 Å². The van der Waals surface area contributed by atoms with Gasteiger partial charge < -0.3 is 24.8 Å². The van der Waals surface area contributed by atoms with E-state index in [2.05, 4.69) is 30.5 Å². The number of halogens is 1. The first kappa shape index (κ1) is 27.8. The highest BCUT2D eigenvalue weighted by Gasteiger charge is 2.26. The molecule has 3 aromatic rings. The Labute approximate surface area is 226 Å². The van der Waals surface area contributed by atoms with Crippen molar-refractivity contribution >= 4 is 67.8 Å². The van der Waals surface area contributed by atoms with Gasteiger partial charge in [-0.05, 0) is 45.4 Å². The summed E-state index contributed by atoms with van der Waals surface area (Å²) in [6.07, 6.45) is 1.44. The monoisotopic (exact) mass is 584 g/mol. The molecule has 10 nitrogen and oxygen atoms in total. The molecule has 37 heavy (non-hydrogen) atoms. The first-order valence-corrected chi connectivity index (χ1v) is 17.1. The minimum absolute atomic E-state index is 0.0474. The highest BCUT2D eigenvalue weighted by molar-refractivity contribution is 7.92. The molecule has 4 rings (SSSR count). The third-order valence-electron chi connectivity index (χ3n) is 5.76. The molecule has 1 aliphatic heterocycles. The summed E-state index contributed by atoms with van der Waals surface area (Å²) in [6, 6.07) is 4.73.